The summed E-state index contributed by atoms with van der Waals surface area (Å²) in [6.45, 7) is -1.45. The van der Waals surface area contributed by atoms with Crippen molar-refractivity contribution >= 4 is 17.5 Å². The number of alkyl halides is 3. The van der Waals surface area contributed by atoms with E-state index in [1.54, 1.807) is 0 Å². The zero-order valence-electron chi connectivity index (χ0n) is 14.6. The molecule has 0 bridgehead atoms. The minimum atomic E-state index is -2.76. The van der Waals surface area contributed by atoms with Gasteiger partial charge in [0.05, 0.1) is 25.7 Å². The molecule has 0 radical (unpaired) electrons. The lowest BCUT2D eigenvalue weighted by Gasteiger charge is -2.40. The molecule has 2 aliphatic rings. The maximum Gasteiger partial charge on any atom is 0.282 e. The van der Waals surface area contributed by atoms with Crippen LogP contribution in [0.25, 0.3) is 0 Å². The third kappa shape index (κ3) is 5.01. The summed E-state index contributed by atoms with van der Waals surface area (Å²) in [5.74, 6) is -3.70. The van der Waals surface area contributed by atoms with Gasteiger partial charge in [-0.05, 0) is 30.9 Å². The first-order valence-corrected chi connectivity index (χ1v) is 8.69. The van der Waals surface area contributed by atoms with Crippen molar-refractivity contribution < 1.29 is 27.5 Å². The number of nitrogens with one attached hydrogen (secondary N) is 1. The Labute approximate surface area is 154 Å². The van der Waals surface area contributed by atoms with E-state index in [9.17, 15) is 22.8 Å². The number of carbonyl (C=O) groups is 2. The van der Waals surface area contributed by atoms with Crippen LogP contribution in [0.3, 0.4) is 0 Å². The molecule has 1 saturated carbocycles. The standard InChI is InChI=1S/C17H21F3N4O3/c18-6-11(5-14(21)25)22-15(26)12-3-4-13(24-8-17(19,20)9-24)16(23-12)27-7-10-1-2-10/h3-4,10-11H,1-2,5-9H2,(H2,21,25)(H,22,26). The Kier molecular flexibility index (Phi) is 5.43. The van der Waals surface area contributed by atoms with Crippen LogP contribution in [0.5, 0.6) is 5.88 Å². The Morgan fingerprint density at radius 3 is 2.63 bits per heavy atom. The Balaban J connectivity index is 1.74. The van der Waals surface area contributed by atoms with Crippen molar-refractivity contribution in [1.29, 1.82) is 0 Å². The highest BCUT2D eigenvalue weighted by atomic mass is 19.3. The molecule has 2 fully saturated rings. The maximum absolute atomic E-state index is 13.2. The summed E-state index contributed by atoms with van der Waals surface area (Å²) in [5, 5.41) is 2.34. The molecule has 1 aromatic heterocycles. The number of pyridine rings is 1. The number of rotatable bonds is 9. The fourth-order valence-electron chi connectivity index (χ4n) is 2.72. The molecule has 1 unspecified atom stereocenters. The van der Waals surface area contributed by atoms with Crippen LogP contribution in [0.2, 0.25) is 0 Å². The number of halogens is 3. The molecular formula is C17H21F3N4O3. The summed E-state index contributed by atoms with van der Waals surface area (Å²) in [5.41, 5.74) is 5.35. The molecule has 148 valence electrons. The summed E-state index contributed by atoms with van der Waals surface area (Å²) < 4.78 is 45.0. The monoisotopic (exact) mass is 386 g/mol. The van der Waals surface area contributed by atoms with Crippen LogP contribution >= 0.6 is 0 Å². The second kappa shape index (κ2) is 7.61. The van der Waals surface area contributed by atoms with Crippen LogP contribution in [0.1, 0.15) is 29.8 Å². The van der Waals surface area contributed by atoms with E-state index in [4.69, 9.17) is 10.5 Å². The average molecular weight is 386 g/mol. The molecular weight excluding hydrogens is 365 g/mol. The smallest absolute Gasteiger partial charge is 0.282 e. The molecule has 1 saturated heterocycles. The van der Waals surface area contributed by atoms with Crippen molar-refractivity contribution in [3.63, 3.8) is 0 Å². The van der Waals surface area contributed by atoms with Gasteiger partial charge in [0.25, 0.3) is 11.8 Å². The van der Waals surface area contributed by atoms with E-state index < -0.39 is 43.5 Å². The van der Waals surface area contributed by atoms with E-state index >= 15 is 0 Å². The van der Waals surface area contributed by atoms with Crippen LogP contribution in [0.15, 0.2) is 12.1 Å². The number of amides is 2. The number of anilines is 1. The van der Waals surface area contributed by atoms with Gasteiger partial charge in [-0.3, -0.25) is 9.59 Å². The SMILES string of the molecule is NC(=O)CC(CF)NC(=O)c1ccc(N2CC(F)(F)C2)c(OCC2CC2)n1. The van der Waals surface area contributed by atoms with E-state index in [2.05, 4.69) is 10.3 Å². The fourth-order valence-corrected chi connectivity index (χ4v) is 2.72. The third-order valence-corrected chi connectivity index (χ3v) is 4.38. The number of ether oxygens (including phenoxy) is 1. The first kappa shape index (κ1) is 19.2. The molecule has 2 amide bonds. The lowest BCUT2D eigenvalue weighted by Crippen LogP contribution is -2.56. The predicted octanol–water partition coefficient (Wildman–Crippen LogP) is 1.27. The first-order valence-electron chi connectivity index (χ1n) is 8.69. The van der Waals surface area contributed by atoms with Crippen LogP contribution < -0.4 is 20.7 Å². The second-order valence-corrected chi connectivity index (χ2v) is 6.98. The van der Waals surface area contributed by atoms with Gasteiger partial charge in [0.1, 0.15) is 18.1 Å². The van der Waals surface area contributed by atoms with Gasteiger partial charge in [0, 0.05) is 6.42 Å². The number of carbonyl (C=O) groups excluding carboxylic acids is 2. The quantitative estimate of drug-likeness (QED) is 0.666. The normalized spacial score (nSPS) is 19.1. The zero-order chi connectivity index (χ0) is 19.6. The minimum Gasteiger partial charge on any atom is -0.476 e. The molecule has 2 heterocycles. The minimum absolute atomic E-state index is 0.0558. The largest absolute Gasteiger partial charge is 0.476 e. The number of nitrogens with two attached hydrogens (primary N) is 1. The van der Waals surface area contributed by atoms with Crippen molar-refractivity contribution in [2.75, 3.05) is 31.3 Å². The van der Waals surface area contributed by atoms with E-state index in [-0.39, 0.29) is 18.0 Å². The topological polar surface area (TPSA) is 97.5 Å². The van der Waals surface area contributed by atoms with Gasteiger partial charge in [-0.2, -0.15) is 0 Å². The molecule has 3 N–H and O–H groups in total. The third-order valence-electron chi connectivity index (χ3n) is 4.38. The highest BCUT2D eigenvalue weighted by molar-refractivity contribution is 5.93. The van der Waals surface area contributed by atoms with Crippen molar-refractivity contribution in [3.05, 3.63) is 17.8 Å². The zero-order valence-corrected chi connectivity index (χ0v) is 14.6. The van der Waals surface area contributed by atoms with Crippen LogP contribution in [0.4, 0.5) is 18.9 Å². The van der Waals surface area contributed by atoms with Gasteiger partial charge in [0.15, 0.2) is 0 Å². The van der Waals surface area contributed by atoms with Gasteiger partial charge in [0.2, 0.25) is 11.8 Å². The maximum atomic E-state index is 13.2. The van der Waals surface area contributed by atoms with Crippen molar-refractivity contribution in [2.45, 2.75) is 31.2 Å². The van der Waals surface area contributed by atoms with Gasteiger partial charge in [-0.15, -0.1) is 0 Å². The van der Waals surface area contributed by atoms with E-state index in [1.807, 2.05) is 0 Å². The van der Waals surface area contributed by atoms with E-state index in [1.165, 1.54) is 17.0 Å². The molecule has 0 aromatic carbocycles. The van der Waals surface area contributed by atoms with E-state index in [0.717, 1.165) is 12.8 Å². The molecule has 10 heteroatoms. The summed E-state index contributed by atoms with van der Waals surface area (Å²) in [6, 6.07) is 1.78. The van der Waals surface area contributed by atoms with Gasteiger partial charge in [-0.1, -0.05) is 0 Å². The van der Waals surface area contributed by atoms with Crippen molar-refractivity contribution in [3.8, 4) is 5.88 Å². The Morgan fingerprint density at radius 1 is 1.37 bits per heavy atom. The highest BCUT2D eigenvalue weighted by Gasteiger charge is 2.45. The van der Waals surface area contributed by atoms with Crippen LogP contribution in [-0.4, -0.2) is 55.1 Å². The molecule has 1 aromatic rings. The highest BCUT2D eigenvalue weighted by Crippen LogP contribution is 2.37. The van der Waals surface area contributed by atoms with Crippen LogP contribution in [-0.2, 0) is 4.79 Å². The first-order chi connectivity index (χ1) is 12.8. The Bertz CT molecular complexity index is 719. The molecule has 1 aliphatic heterocycles. The summed E-state index contributed by atoms with van der Waals surface area (Å²) in [6.07, 6.45) is 1.72. The predicted molar refractivity (Wildman–Crippen MR) is 90.7 cm³/mol. The lowest BCUT2D eigenvalue weighted by molar-refractivity contribution is -0.118. The summed E-state index contributed by atoms with van der Waals surface area (Å²) in [7, 11) is 0. The number of hydrogen-bond donors (Lipinski definition) is 2. The number of primary amides is 1. The lowest BCUT2D eigenvalue weighted by atomic mass is 10.1. The second-order valence-electron chi connectivity index (χ2n) is 6.98. The van der Waals surface area contributed by atoms with Gasteiger partial charge in [-0.25, -0.2) is 18.2 Å². The molecule has 1 aliphatic carbocycles. The van der Waals surface area contributed by atoms with Gasteiger partial charge >= 0.3 is 0 Å². The molecule has 0 spiro atoms. The molecule has 7 nitrogen and oxygen atoms in total. The average Bonchev–Trinajstić information content (AvgIpc) is 3.40. The number of hydrogen-bond acceptors (Lipinski definition) is 5. The summed E-state index contributed by atoms with van der Waals surface area (Å²) in [4.78, 5) is 28.7. The summed E-state index contributed by atoms with van der Waals surface area (Å²) >= 11 is 0. The van der Waals surface area contributed by atoms with Gasteiger partial charge < -0.3 is 20.7 Å². The Morgan fingerprint density at radius 2 is 2.07 bits per heavy atom. The Hall–Kier alpha value is -2.52. The number of aromatic nitrogens is 1. The van der Waals surface area contributed by atoms with Crippen LogP contribution in [0, 0.1) is 5.92 Å². The fraction of sp³-hybridized carbons (Fsp3) is 0.588. The molecule has 1 atom stereocenters. The van der Waals surface area contributed by atoms with Crippen molar-refractivity contribution in [2.24, 2.45) is 11.7 Å². The van der Waals surface area contributed by atoms with Crippen molar-refractivity contribution in [1.82, 2.24) is 10.3 Å². The number of nitrogens with zero attached hydrogens (tertiary/aromatic N) is 2. The molecule has 27 heavy (non-hydrogen) atoms. The molecule has 3 rings (SSSR count). The van der Waals surface area contributed by atoms with E-state index in [0.29, 0.717) is 18.2 Å².